The Morgan fingerprint density at radius 2 is 1.73 bits per heavy atom. The molecular weight excluding hydrogens is 348 g/mol. The summed E-state index contributed by atoms with van der Waals surface area (Å²) in [5.41, 5.74) is 4.00. The van der Waals surface area contributed by atoms with Crippen LogP contribution in [0, 0.1) is 0 Å². The van der Waals surface area contributed by atoms with E-state index >= 15 is 0 Å². The van der Waals surface area contributed by atoms with Crippen LogP contribution >= 0.6 is 11.6 Å². The Balaban J connectivity index is 1.79. The third-order valence-electron chi connectivity index (χ3n) is 4.56. The van der Waals surface area contributed by atoms with Crippen molar-refractivity contribution >= 4 is 23.4 Å². The van der Waals surface area contributed by atoms with Gasteiger partial charge in [0, 0.05) is 37.7 Å². The average molecular weight is 369 g/mol. The first-order chi connectivity index (χ1) is 12.6. The molecule has 0 saturated carbocycles. The monoisotopic (exact) mass is 368 g/mol. The van der Waals surface area contributed by atoms with E-state index in [1.165, 1.54) is 5.54 Å². The number of hydrogen-bond acceptors (Lipinski definition) is 2. The quantitative estimate of drug-likeness (QED) is 0.825. The Hall–Kier alpha value is -2.59. The summed E-state index contributed by atoms with van der Waals surface area (Å²) in [4.78, 5) is 29.2. The number of carbonyl (C=O) groups excluding carboxylic acids is 2. The molecule has 0 N–H and O–H groups in total. The van der Waals surface area contributed by atoms with E-state index in [1.807, 2.05) is 48.5 Å². The highest BCUT2D eigenvalue weighted by Gasteiger charge is 2.38. The minimum atomic E-state index is -0.526. The number of hydrogen-bond donors (Lipinski definition) is 0. The van der Waals surface area contributed by atoms with Gasteiger partial charge in [0.15, 0.2) is 0 Å². The van der Waals surface area contributed by atoms with E-state index in [9.17, 15) is 9.59 Å². The van der Waals surface area contributed by atoms with Crippen molar-refractivity contribution in [2.45, 2.75) is 19.0 Å². The first kappa shape index (κ1) is 18.2. The van der Waals surface area contributed by atoms with Gasteiger partial charge in [-0.15, -0.1) is 0 Å². The second-order valence-corrected chi connectivity index (χ2v) is 6.68. The lowest BCUT2D eigenvalue weighted by Gasteiger charge is -2.28. The van der Waals surface area contributed by atoms with Crippen molar-refractivity contribution in [1.29, 1.82) is 0 Å². The summed E-state index contributed by atoms with van der Waals surface area (Å²) in [7, 11) is 1.77. The highest BCUT2D eigenvalue weighted by Crippen LogP contribution is 2.27. The molecule has 1 fully saturated rings. The van der Waals surface area contributed by atoms with Crippen molar-refractivity contribution in [2.75, 3.05) is 13.6 Å². The molecule has 0 unspecified atom stereocenters. The molecule has 0 bridgehead atoms. The SMILES string of the molecule is CN(Cc1ccccc1)C(=O)[C@@H]1C/C(=C\Cl)CN1C(=O)c1ccccc1. The molecule has 1 aliphatic heterocycles. The summed E-state index contributed by atoms with van der Waals surface area (Å²) in [5.74, 6) is -0.225. The predicted molar refractivity (Wildman–Crippen MR) is 103 cm³/mol. The average Bonchev–Trinajstić information content (AvgIpc) is 3.12. The molecule has 0 radical (unpaired) electrons. The van der Waals surface area contributed by atoms with Crippen LogP contribution in [0.3, 0.4) is 0 Å². The zero-order chi connectivity index (χ0) is 18.5. The molecule has 0 aliphatic carbocycles. The predicted octanol–water partition coefficient (Wildman–Crippen LogP) is 3.68. The Kier molecular flexibility index (Phi) is 5.74. The summed E-state index contributed by atoms with van der Waals surface area (Å²) in [5, 5.41) is 0. The fraction of sp³-hybridized carbons (Fsp3) is 0.238. The minimum Gasteiger partial charge on any atom is -0.340 e. The van der Waals surface area contributed by atoms with Crippen LogP contribution in [0.2, 0.25) is 0 Å². The van der Waals surface area contributed by atoms with E-state index in [0.717, 1.165) is 11.1 Å². The number of halogens is 1. The fourth-order valence-corrected chi connectivity index (χ4v) is 3.36. The summed E-state index contributed by atoms with van der Waals surface area (Å²) in [6, 6.07) is 18.3. The van der Waals surface area contributed by atoms with Crippen molar-refractivity contribution in [3.63, 3.8) is 0 Å². The maximum absolute atomic E-state index is 13.0. The number of benzene rings is 2. The normalized spacial score (nSPS) is 18.2. The van der Waals surface area contributed by atoms with E-state index in [0.29, 0.717) is 25.1 Å². The Morgan fingerprint density at radius 3 is 2.35 bits per heavy atom. The first-order valence-electron chi connectivity index (χ1n) is 8.53. The van der Waals surface area contributed by atoms with Crippen LogP contribution in [0.15, 0.2) is 71.8 Å². The third-order valence-corrected chi connectivity index (χ3v) is 4.87. The maximum Gasteiger partial charge on any atom is 0.254 e. The molecule has 0 aromatic heterocycles. The van der Waals surface area contributed by atoms with Crippen LogP contribution in [-0.4, -0.2) is 41.2 Å². The Bertz CT molecular complexity index is 805. The second kappa shape index (κ2) is 8.19. The maximum atomic E-state index is 13.0. The molecular formula is C21H21ClN2O2. The summed E-state index contributed by atoms with van der Waals surface area (Å²) in [6.45, 7) is 0.885. The topological polar surface area (TPSA) is 40.6 Å². The van der Waals surface area contributed by atoms with Crippen molar-refractivity contribution in [2.24, 2.45) is 0 Å². The van der Waals surface area contributed by atoms with Gasteiger partial charge in [0.05, 0.1) is 0 Å². The van der Waals surface area contributed by atoms with Gasteiger partial charge in [-0.1, -0.05) is 60.1 Å². The molecule has 1 aliphatic rings. The lowest BCUT2D eigenvalue weighted by Crippen LogP contribution is -2.46. The molecule has 0 spiro atoms. The number of likely N-dealkylation sites (N-methyl/N-ethyl adjacent to an activating group) is 1. The molecule has 26 heavy (non-hydrogen) atoms. The van der Waals surface area contributed by atoms with Crippen molar-refractivity contribution in [1.82, 2.24) is 9.80 Å². The van der Waals surface area contributed by atoms with E-state index in [-0.39, 0.29) is 11.8 Å². The third kappa shape index (κ3) is 3.97. The van der Waals surface area contributed by atoms with Gasteiger partial charge >= 0.3 is 0 Å². The molecule has 4 nitrogen and oxygen atoms in total. The zero-order valence-corrected chi connectivity index (χ0v) is 15.4. The summed E-state index contributed by atoms with van der Waals surface area (Å²) in [6.07, 6.45) is 0.472. The number of carbonyl (C=O) groups is 2. The Labute approximate surface area is 158 Å². The number of rotatable bonds is 4. The van der Waals surface area contributed by atoms with Crippen molar-refractivity contribution in [3.05, 3.63) is 82.9 Å². The number of nitrogens with zero attached hydrogens (tertiary/aromatic N) is 2. The molecule has 2 amide bonds. The van der Waals surface area contributed by atoms with Gasteiger partial charge < -0.3 is 9.80 Å². The largest absolute Gasteiger partial charge is 0.340 e. The summed E-state index contributed by atoms with van der Waals surface area (Å²) >= 11 is 5.88. The number of amides is 2. The standard InChI is InChI=1S/C21H21ClN2O2/c1-23(14-16-8-4-2-5-9-16)21(26)19-12-17(13-22)15-24(19)20(25)18-10-6-3-7-11-18/h2-11,13,19H,12,14-15H2,1H3/b17-13+/t19-/m0/s1. The fourth-order valence-electron chi connectivity index (χ4n) is 3.20. The van der Waals surface area contributed by atoms with Crippen LogP contribution in [0.5, 0.6) is 0 Å². The van der Waals surface area contributed by atoms with Gasteiger partial charge in [0.2, 0.25) is 5.91 Å². The van der Waals surface area contributed by atoms with Crippen molar-refractivity contribution in [3.8, 4) is 0 Å². The van der Waals surface area contributed by atoms with E-state index in [2.05, 4.69) is 0 Å². The zero-order valence-electron chi connectivity index (χ0n) is 14.6. The molecule has 1 saturated heterocycles. The van der Waals surface area contributed by atoms with Gasteiger partial charge in [-0.05, 0) is 23.3 Å². The second-order valence-electron chi connectivity index (χ2n) is 6.47. The van der Waals surface area contributed by atoms with Gasteiger partial charge in [-0.25, -0.2) is 0 Å². The van der Waals surface area contributed by atoms with Gasteiger partial charge in [-0.3, -0.25) is 9.59 Å². The van der Waals surface area contributed by atoms with Crippen LogP contribution < -0.4 is 0 Å². The molecule has 2 aromatic rings. The number of likely N-dealkylation sites (tertiary alicyclic amines) is 1. The molecule has 134 valence electrons. The van der Waals surface area contributed by atoms with Gasteiger partial charge in [0.25, 0.3) is 5.91 Å². The van der Waals surface area contributed by atoms with E-state index < -0.39 is 6.04 Å². The van der Waals surface area contributed by atoms with E-state index in [4.69, 9.17) is 11.6 Å². The molecule has 2 aromatic carbocycles. The van der Waals surface area contributed by atoms with Crippen LogP contribution in [0.4, 0.5) is 0 Å². The molecule has 1 atom stereocenters. The molecule has 3 rings (SSSR count). The lowest BCUT2D eigenvalue weighted by molar-refractivity contribution is -0.134. The van der Waals surface area contributed by atoms with Crippen molar-refractivity contribution < 1.29 is 9.59 Å². The highest BCUT2D eigenvalue weighted by atomic mass is 35.5. The van der Waals surface area contributed by atoms with Crippen LogP contribution in [0.1, 0.15) is 22.3 Å². The van der Waals surface area contributed by atoms with Gasteiger partial charge in [-0.2, -0.15) is 0 Å². The molecule has 5 heteroatoms. The van der Waals surface area contributed by atoms with Crippen LogP contribution in [-0.2, 0) is 11.3 Å². The van der Waals surface area contributed by atoms with Crippen LogP contribution in [0.25, 0.3) is 0 Å². The lowest BCUT2D eigenvalue weighted by atomic mass is 10.1. The molecule has 1 heterocycles. The minimum absolute atomic E-state index is 0.0772. The highest BCUT2D eigenvalue weighted by molar-refractivity contribution is 6.25. The smallest absolute Gasteiger partial charge is 0.254 e. The van der Waals surface area contributed by atoms with E-state index in [1.54, 1.807) is 29.0 Å². The Morgan fingerprint density at radius 1 is 1.12 bits per heavy atom. The first-order valence-corrected chi connectivity index (χ1v) is 8.97. The summed E-state index contributed by atoms with van der Waals surface area (Å²) < 4.78 is 0. The van der Waals surface area contributed by atoms with Gasteiger partial charge in [0.1, 0.15) is 6.04 Å².